The summed E-state index contributed by atoms with van der Waals surface area (Å²) in [6.45, 7) is 9.94. The van der Waals surface area contributed by atoms with Crippen molar-refractivity contribution in [1.82, 2.24) is 10.7 Å². The second kappa shape index (κ2) is 10.6. The molecule has 0 saturated carbocycles. The van der Waals surface area contributed by atoms with E-state index in [9.17, 15) is 9.59 Å². The number of hydrazone groups is 1. The summed E-state index contributed by atoms with van der Waals surface area (Å²) >= 11 is 0. The smallest absolute Gasteiger partial charge is 0.329 e. The van der Waals surface area contributed by atoms with Crippen molar-refractivity contribution in [3.8, 4) is 11.5 Å². The van der Waals surface area contributed by atoms with E-state index in [1.54, 1.807) is 24.3 Å². The van der Waals surface area contributed by atoms with E-state index in [2.05, 4.69) is 29.0 Å². The van der Waals surface area contributed by atoms with E-state index >= 15 is 0 Å². The Morgan fingerprint density at radius 1 is 1.17 bits per heavy atom. The Balaban J connectivity index is 2.71. The largest absolute Gasteiger partial charge is 0.490 e. The highest BCUT2D eigenvalue weighted by molar-refractivity contribution is 6.35. The van der Waals surface area contributed by atoms with Crippen LogP contribution in [0.25, 0.3) is 0 Å². The van der Waals surface area contributed by atoms with Gasteiger partial charge in [0.25, 0.3) is 0 Å². The number of rotatable bonds is 9. The molecule has 1 aromatic carbocycles. The van der Waals surface area contributed by atoms with Crippen LogP contribution in [-0.4, -0.2) is 37.8 Å². The van der Waals surface area contributed by atoms with Crippen molar-refractivity contribution in [2.45, 2.75) is 6.92 Å². The van der Waals surface area contributed by atoms with E-state index in [1.807, 2.05) is 6.92 Å². The van der Waals surface area contributed by atoms with Crippen LogP contribution in [-0.2, 0) is 9.59 Å². The normalized spacial score (nSPS) is 10.0. The average molecular weight is 331 g/mol. The number of hydrogen-bond donors (Lipinski definition) is 2. The third-order valence-corrected chi connectivity index (χ3v) is 2.62. The first-order chi connectivity index (χ1) is 11.6. The maximum absolute atomic E-state index is 11.5. The van der Waals surface area contributed by atoms with Crippen LogP contribution in [0.4, 0.5) is 0 Å². The molecule has 7 heteroatoms. The summed E-state index contributed by atoms with van der Waals surface area (Å²) in [6, 6.07) is 5.19. The summed E-state index contributed by atoms with van der Waals surface area (Å²) in [6.07, 6.45) is 4.51. The average Bonchev–Trinajstić information content (AvgIpc) is 2.59. The van der Waals surface area contributed by atoms with E-state index in [1.165, 1.54) is 12.3 Å². The van der Waals surface area contributed by atoms with E-state index < -0.39 is 11.8 Å². The van der Waals surface area contributed by atoms with Crippen molar-refractivity contribution in [3.63, 3.8) is 0 Å². The van der Waals surface area contributed by atoms with Gasteiger partial charge in [-0.1, -0.05) is 18.7 Å². The van der Waals surface area contributed by atoms with E-state index in [0.29, 0.717) is 30.3 Å². The van der Waals surface area contributed by atoms with Crippen molar-refractivity contribution in [1.29, 1.82) is 0 Å². The fraction of sp³-hybridized carbons (Fsp3) is 0.235. The monoisotopic (exact) mass is 331 g/mol. The first-order valence-electron chi connectivity index (χ1n) is 7.35. The lowest BCUT2D eigenvalue weighted by atomic mass is 10.2. The highest BCUT2D eigenvalue weighted by Gasteiger charge is 2.10. The molecular formula is C17H21N3O4. The van der Waals surface area contributed by atoms with Gasteiger partial charge in [0, 0.05) is 6.54 Å². The third-order valence-electron chi connectivity index (χ3n) is 2.62. The van der Waals surface area contributed by atoms with Gasteiger partial charge in [-0.05, 0) is 30.7 Å². The van der Waals surface area contributed by atoms with Gasteiger partial charge in [0.2, 0.25) is 0 Å². The van der Waals surface area contributed by atoms with Gasteiger partial charge in [0.1, 0.15) is 6.61 Å². The maximum atomic E-state index is 11.5. The molecule has 24 heavy (non-hydrogen) atoms. The van der Waals surface area contributed by atoms with Crippen LogP contribution >= 0.6 is 0 Å². The maximum Gasteiger partial charge on any atom is 0.329 e. The van der Waals surface area contributed by atoms with Gasteiger partial charge in [-0.2, -0.15) is 5.10 Å². The number of ether oxygens (including phenoxy) is 2. The minimum Gasteiger partial charge on any atom is -0.490 e. The van der Waals surface area contributed by atoms with E-state index in [-0.39, 0.29) is 6.54 Å². The zero-order valence-electron chi connectivity index (χ0n) is 13.6. The predicted octanol–water partition coefficient (Wildman–Crippen LogP) is 1.40. The highest BCUT2D eigenvalue weighted by Crippen LogP contribution is 2.28. The molecule has 0 unspecified atom stereocenters. The Morgan fingerprint density at radius 2 is 1.96 bits per heavy atom. The molecule has 0 radical (unpaired) electrons. The molecule has 0 saturated heterocycles. The van der Waals surface area contributed by atoms with Gasteiger partial charge in [-0.25, -0.2) is 5.43 Å². The number of benzene rings is 1. The third kappa shape index (κ3) is 6.35. The van der Waals surface area contributed by atoms with Gasteiger partial charge in [0.15, 0.2) is 11.5 Å². The zero-order valence-corrected chi connectivity index (χ0v) is 13.6. The zero-order chi connectivity index (χ0) is 17.8. The Labute approximate surface area is 141 Å². The number of nitrogens with one attached hydrogen (secondary N) is 2. The lowest BCUT2D eigenvalue weighted by molar-refractivity contribution is -0.139. The van der Waals surface area contributed by atoms with Crippen LogP contribution in [0.2, 0.25) is 0 Å². The summed E-state index contributed by atoms with van der Waals surface area (Å²) in [7, 11) is 0. The Kier molecular flexibility index (Phi) is 8.38. The SMILES string of the molecule is C=CCNC(=O)C(=O)N/N=C/c1ccc(OCC=C)c(OCC)c1. The van der Waals surface area contributed by atoms with Gasteiger partial charge < -0.3 is 14.8 Å². The van der Waals surface area contributed by atoms with Crippen LogP contribution in [0, 0.1) is 0 Å². The minimum atomic E-state index is -0.857. The first kappa shape index (κ1) is 19.0. The molecule has 1 rings (SSSR count). The highest BCUT2D eigenvalue weighted by atomic mass is 16.5. The van der Waals surface area contributed by atoms with Crippen molar-refractivity contribution >= 4 is 18.0 Å². The van der Waals surface area contributed by atoms with Crippen molar-refractivity contribution in [2.75, 3.05) is 19.8 Å². The van der Waals surface area contributed by atoms with Gasteiger partial charge >= 0.3 is 11.8 Å². The van der Waals surface area contributed by atoms with Crippen LogP contribution in [0.5, 0.6) is 11.5 Å². The molecule has 128 valence electrons. The molecule has 0 fully saturated rings. The molecule has 0 aromatic heterocycles. The molecule has 0 bridgehead atoms. The quantitative estimate of drug-likeness (QED) is 0.310. The van der Waals surface area contributed by atoms with Gasteiger partial charge in [-0.15, -0.1) is 6.58 Å². The standard InChI is InChI=1S/C17H21N3O4/c1-4-9-18-16(21)17(22)20-19-12-13-7-8-14(24-10-5-2)15(11-13)23-6-3/h4-5,7-8,11-12H,1-2,6,9-10H2,3H3,(H,18,21)(H,20,22)/b19-12+. The molecule has 0 aliphatic heterocycles. The number of carbonyl (C=O) groups is 2. The van der Waals surface area contributed by atoms with Crippen LogP contribution < -0.4 is 20.2 Å². The fourth-order valence-corrected chi connectivity index (χ4v) is 1.60. The Morgan fingerprint density at radius 3 is 2.62 bits per heavy atom. The number of amides is 2. The van der Waals surface area contributed by atoms with Crippen molar-refractivity contribution in [2.24, 2.45) is 5.10 Å². The van der Waals surface area contributed by atoms with Crippen molar-refractivity contribution < 1.29 is 19.1 Å². The molecule has 2 amide bonds. The molecule has 0 aliphatic carbocycles. The first-order valence-corrected chi connectivity index (χ1v) is 7.35. The molecule has 0 atom stereocenters. The summed E-state index contributed by atoms with van der Waals surface area (Å²) in [5, 5.41) is 6.09. The van der Waals surface area contributed by atoms with Crippen molar-refractivity contribution in [3.05, 3.63) is 49.1 Å². The molecule has 0 aliphatic rings. The van der Waals surface area contributed by atoms with Crippen LogP contribution in [0.1, 0.15) is 12.5 Å². The number of hydrogen-bond acceptors (Lipinski definition) is 5. The Hall–Kier alpha value is -3.09. The minimum absolute atomic E-state index is 0.208. The summed E-state index contributed by atoms with van der Waals surface area (Å²) < 4.78 is 11.0. The van der Waals surface area contributed by atoms with Crippen LogP contribution in [0.15, 0.2) is 48.6 Å². The molecule has 0 heterocycles. The summed E-state index contributed by atoms with van der Waals surface area (Å²) in [5.41, 5.74) is 2.82. The second-order valence-electron chi connectivity index (χ2n) is 4.44. The lowest BCUT2D eigenvalue weighted by Crippen LogP contribution is -2.37. The van der Waals surface area contributed by atoms with Crippen LogP contribution in [0.3, 0.4) is 0 Å². The topological polar surface area (TPSA) is 89.0 Å². The van der Waals surface area contributed by atoms with Gasteiger partial charge in [0.05, 0.1) is 12.8 Å². The van der Waals surface area contributed by atoms with Gasteiger partial charge in [-0.3, -0.25) is 9.59 Å². The number of carbonyl (C=O) groups excluding carboxylic acids is 2. The molecular weight excluding hydrogens is 310 g/mol. The lowest BCUT2D eigenvalue weighted by Gasteiger charge is -2.11. The predicted molar refractivity (Wildman–Crippen MR) is 92.2 cm³/mol. The van der Waals surface area contributed by atoms with E-state index in [0.717, 1.165) is 0 Å². The fourth-order valence-electron chi connectivity index (χ4n) is 1.60. The molecule has 1 aromatic rings. The molecule has 2 N–H and O–H groups in total. The summed E-state index contributed by atoms with van der Waals surface area (Å²) in [5.74, 6) is -0.501. The molecule has 0 spiro atoms. The second-order valence-corrected chi connectivity index (χ2v) is 4.44. The van der Waals surface area contributed by atoms with E-state index in [4.69, 9.17) is 9.47 Å². The summed E-state index contributed by atoms with van der Waals surface area (Å²) in [4.78, 5) is 22.8. The number of nitrogens with zero attached hydrogens (tertiary/aromatic N) is 1. The molecule has 7 nitrogen and oxygen atoms in total. The Bertz CT molecular complexity index is 626.